The van der Waals surface area contributed by atoms with Gasteiger partial charge in [-0.2, -0.15) is 0 Å². The monoisotopic (exact) mass is 476 g/mol. The lowest BCUT2D eigenvalue weighted by atomic mass is 10.2. The molecular weight excluding hydrogens is 452 g/mol. The van der Waals surface area contributed by atoms with Gasteiger partial charge in [-0.1, -0.05) is 78.0 Å². The lowest BCUT2D eigenvalue weighted by Crippen LogP contribution is -2.08. The number of thioether (sulfide) groups is 1. The maximum Gasteiger partial charge on any atom is 0.192 e. The van der Waals surface area contributed by atoms with Crippen molar-refractivity contribution in [3.8, 4) is 11.4 Å². The number of benzene rings is 2. The molecular formula is C26H25ClN4OS. The van der Waals surface area contributed by atoms with Crippen LogP contribution < -0.4 is 0 Å². The fraction of sp³-hybridized carbons (Fsp3) is 0.192. The van der Waals surface area contributed by atoms with Gasteiger partial charge in [-0.3, -0.25) is 9.36 Å². The molecule has 2 aromatic carbocycles. The molecule has 4 aromatic rings. The molecule has 168 valence electrons. The Morgan fingerprint density at radius 1 is 1.06 bits per heavy atom. The molecule has 0 saturated carbocycles. The Hall–Kier alpha value is -3.09. The van der Waals surface area contributed by atoms with Crippen LogP contribution in [0.5, 0.6) is 0 Å². The number of carbonyl (C=O) groups excluding carboxylic acids is 1. The zero-order valence-electron chi connectivity index (χ0n) is 18.7. The Morgan fingerprint density at radius 3 is 2.52 bits per heavy atom. The predicted octanol–water partition coefficient (Wildman–Crippen LogP) is 6.23. The van der Waals surface area contributed by atoms with Crippen molar-refractivity contribution in [2.45, 2.75) is 32.1 Å². The molecule has 2 aromatic heterocycles. The van der Waals surface area contributed by atoms with Crippen LogP contribution in [0.4, 0.5) is 0 Å². The van der Waals surface area contributed by atoms with Crippen LogP contribution in [0.1, 0.15) is 27.3 Å². The Balaban J connectivity index is 1.52. The van der Waals surface area contributed by atoms with Gasteiger partial charge in [0, 0.05) is 40.6 Å². The van der Waals surface area contributed by atoms with Gasteiger partial charge in [-0.25, -0.2) is 0 Å². The molecule has 0 bridgehead atoms. The summed E-state index contributed by atoms with van der Waals surface area (Å²) in [6, 6.07) is 19.6. The molecule has 0 amide bonds. The van der Waals surface area contributed by atoms with E-state index >= 15 is 0 Å². The summed E-state index contributed by atoms with van der Waals surface area (Å²) in [4.78, 5) is 13.1. The first-order valence-corrected chi connectivity index (χ1v) is 12.0. The highest BCUT2D eigenvalue weighted by Gasteiger charge is 2.19. The van der Waals surface area contributed by atoms with Crippen molar-refractivity contribution >= 4 is 29.1 Å². The zero-order valence-corrected chi connectivity index (χ0v) is 20.2. The van der Waals surface area contributed by atoms with E-state index in [1.807, 2.05) is 85.2 Å². The number of aryl methyl sites for hydroxylation is 1. The van der Waals surface area contributed by atoms with E-state index in [1.165, 1.54) is 11.8 Å². The molecule has 5 nitrogen and oxygen atoms in total. The first-order valence-electron chi connectivity index (χ1n) is 10.6. The molecule has 0 aliphatic rings. The summed E-state index contributed by atoms with van der Waals surface area (Å²) in [7, 11) is 0. The van der Waals surface area contributed by atoms with Crippen molar-refractivity contribution in [1.29, 1.82) is 0 Å². The number of carbonyl (C=O) groups is 1. The highest BCUT2D eigenvalue weighted by molar-refractivity contribution is 7.99. The van der Waals surface area contributed by atoms with E-state index in [4.69, 9.17) is 11.6 Å². The molecule has 2 heterocycles. The van der Waals surface area contributed by atoms with Crippen LogP contribution in [0, 0.1) is 13.8 Å². The summed E-state index contributed by atoms with van der Waals surface area (Å²) < 4.78 is 4.12. The first-order chi connectivity index (χ1) is 16.0. The average Bonchev–Trinajstić information content (AvgIpc) is 3.35. The first kappa shape index (κ1) is 23.1. The number of hydrogen-bond acceptors (Lipinski definition) is 4. The number of nitrogens with zero attached hydrogens (tertiary/aromatic N) is 4. The molecule has 0 aliphatic heterocycles. The van der Waals surface area contributed by atoms with Gasteiger partial charge in [0.2, 0.25) is 0 Å². The summed E-state index contributed by atoms with van der Waals surface area (Å²) in [6.45, 7) is 9.05. The molecule has 0 atom stereocenters. The third-order valence-corrected chi connectivity index (χ3v) is 6.89. The van der Waals surface area contributed by atoms with Gasteiger partial charge >= 0.3 is 0 Å². The molecule has 0 spiro atoms. The number of halogens is 1. The van der Waals surface area contributed by atoms with Gasteiger partial charge in [0.25, 0.3) is 0 Å². The third kappa shape index (κ3) is 4.97. The van der Waals surface area contributed by atoms with Crippen LogP contribution in [-0.2, 0) is 13.1 Å². The van der Waals surface area contributed by atoms with Gasteiger partial charge in [0.05, 0.1) is 5.75 Å². The van der Waals surface area contributed by atoms with Crippen LogP contribution in [-0.4, -0.2) is 30.9 Å². The van der Waals surface area contributed by atoms with Crippen molar-refractivity contribution in [1.82, 2.24) is 19.3 Å². The van der Waals surface area contributed by atoms with Crippen molar-refractivity contribution in [2.75, 3.05) is 5.75 Å². The lowest BCUT2D eigenvalue weighted by Gasteiger charge is -2.11. The Morgan fingerprint density at radius 2 is 1.79 bits per heavy atom. The smallest absolute Gasteiger partial charge is 0.192 e. The van der Waals surface area contributed by atoms with E-state index in [0.29, 0.717) is 18.2 Å². The summed E-state index contributed by atoms with van der Waals surface area (Å²) >= 11 is 7.74. The second-order valence-corrected chi connectivity index (χ2v) is 9.10. The van der Waals surface area contributed by atoms with E-state index in [2.05, 4.69) is 21.3 Å². The van der Waals surface area contributed by atoms with Crippen LogP contribution in [0.3, 0.4) is 0 Å². The second-order valence-electron chi connectivity index (χ2n) is 7.75. The highest BCUT2D eigenvalue weighted by Crippen LogP contribution is 2.26. The Bertz CT molecular complexity index is 1290. The van der Waals surface area contributed by atoms with Crippen LogP contribution in [0.15, 0.2) is 78.5 Å². The number of allylic oxidation sites excluding steroid dienone is 1. The molecule has 0 aliphatic carbocycles. The maximum atomic E-state index is 13.1. The Labute approximate surface area is 203 Å². The van der Waals surface area contributed by atoms with Gasteiger partial charge < -0.3 is 4.57 Å². The quantitative estimate of drug-likeness (QED) is 0.163. The molecule has 0 radical (unpaired) electrons. The molecule has 4 rings (SSSR count). The number of hydrogen-bond donors (Lipinski definition) is 0. The molecule has 33 heavy (non-hydrogen) atoms. The summed E-state index contributed by atoms with van der Waals surface area (Å²) in [5, 5.41) is 10.1. The summed E-state index contributed by atoms with van der Waals surface area (Å²) in [6.07, 6.45) is 1.81. The average molecular weight is 477 g/mol. The van der Waals surface area contributed by atoms with E-state index in [9.17, 15) is 4.79 Å². The third-order valence-electron chi connectivity index (χ3n) is 5.55. The number of ketones is 1. The van der Waals surface area contributed by atoms with Crippen LogP contribution in [0.2, 0.25) is 5.02 Å². The zero-order chi connectivity index (χ0) is 23.4. The topological polar surface area (TPSA) is 52.7 Å². The Kier molecular flexibility index (Phi) is 7.16. The standard InChI is InChI=1S/C26H25ClN4OS/c1-4-14-30-25(20-10-6-5-7-11-20)28-29-26(30)33-17-24(32)22-15-18(2)31(19(22)3)16-21-12-8-9-13-23(21)27/h4-13,15H,1,14,16-17H2,2-3H3. The van der Waals surface area contributed by atoms with Gasteiger partial charge in [0.15, 0.2) is 16.8 Å². The summed E-state index contributed by atoms with van der Waals surface area (Å²) in [5.74, 6) is 1.11. The van der Waals surface area contributed by atoms with E-state index in [0.717, 1.165) is 38.9 Å². The van der Waals surface area contributed by atoms with Crippen LogP contribution in [0.25, 0.3) is 11.4 Å². The van der Waals surface area contributed by atoms with Gasteiger partial charge in [-0.15, -0.1) is 16.8 Å². The number of aromatic nitrogens is 4. The minimum atomic E-state index is 0.0629. The SMILES string of the molecule is C=CCn1c(SCC(=O)c2cc(C)n(Cc3ccccc3Cl)c2C)nnc1-c1ccccc1. The minimum absolute atomic E-state index is 0.0629. The van der Waals surface area contributed by atoms with Crippen molar-refractivity contribution < 1.29 is 4.79 Å². The van der Waals surface area contributed by atoms with Gasteiger partial charge in [-0.05, 0) is 31.5 Å². The molecule has 0 N–H and O–H groups in total. The van der Waals surface area contributed by atoms with Crippen LogP contribution >= 0.6 is 23.4 Å². The molecule has 0 fully saturated rings. The molecule has 0 unspecified atom stereocenters. The predicted molar refractivity (Wildman–Crippen MR) is 135 cm³/mol. The highest BCUT2D eigenvalue weighted by atomic mass is 35.5. The van der Waals surface area contributed by atoms with Crippen molar-refractivity contribution in [3.05, 3.63) is 101 Å². The number of Topliss-reactive ketones (excluding diaryl/α,β-unsaturated/α-hetero) is 1. The normalized spacial score (nSPS) is 11.0. The molecule has 0 saturated heterocycles. The van der Waals surface area contributed by atoms with Crippen molar-refractivity contribution in [3.63, 3.8) is 0 Å². The van der Waals surface area contributed by atoms with Crippen molar-refractivity contribution in [2.24, 2.45) is 0 Å². The second kappa shape index (κ2) is 10.2. The summed E-state index contributed by atoms with van der Waals surface area (Å²) in [5.41, 5.74) is 4.70. The fourth-order valence-corrected chi connectivity index (χ4v) is 4.85. The fourth-order valence-electron chi connectivity index (χ4n) is 3.82. The van der Waals surface area contributed by atoms with E-state index < -0.39 is 0 Å². The minimum Gasteiger partial charge on any atom is -0.344 e. The largest absolute Gasteiger partial charge is 0.344 e. The van der Waals surface area contributed by atoms with Gasteiger partial charge in [0.1, 0.15) is 0 Å². The van der Waals surface area contributed by atoms with E-state index in [1.54, 1.807) is 0 Å². The molecule has 7 heteroatoms. The number of rotatable bonds is 9. The van der Waals surface area contributed by atoms with E-state index in [-0.39, 0.29) is 11.5 Å². The lowest BCUT2D eigenvalue weighted by molar-refractivity contribution is 0.102. The maximum absolute atomic E-state index is 13.1.